The molecular formula is C19H19BrN4O. The topological polar surface area (TPSA) is 59.1 Å². The van der Waals surface area contributed by atoms with Crippen LogP contribution in [0.5, 0.6) is 5.75 Å². The van der Waals surface area contributed by atoms with Crippen molar-refractivity contribution in [2.45, 2.75) is 13.8 Å². The molecule has 1 heterocycles. The largest absolute Gasteiger partial charge is 0.494 e. The highest BCUT2D eigenvalue weighted by atomic mass is 79.9. The van der Waals surface area contributed by atoms with Crippen LogP contribution in [-0.4, -0.2) is 16.6 Å². The van der Waals surface area contributed by atoms with Gasteiger partial charge < -0.3 is 15.4 Å². The molecule has 0 fully saturated rings. The van der Waals surface area contributed by atoms with Crippen molar-refractivity contribution in [2.24, 2.45) is 0 Å². The molecule has 3 aromatic rings. The molecule has 0 aliphatic rings. The van der Waals surface area contributed by atoms with Crippen LogP contribution in [0.25, 0.3) is 0 Å². The van der Waals surface area contributed by atoms with Crippen molar-refractivity contribution in [2.75, 3.05) is 17.2 Å². The lowest BCUT2D eigenvalue weighted by atomic mass is 10.2. The number of nitrogens with zero attached hydrogens (tertiary/aromatic N) is 2. The standard InChI is InChI=1S/C19H19BrN4O/c1-3-25-16-7-5-15(6-8-16)22-18-10-11-21-19(24-18)23-17-9-4-14(20)12-13(17)2/h4-12H,3H2,1-2H3,(H2,21,22,23,24). The van der Waals surface area contributed by atoms with E-state index in [1.165, 1.54) is 0 Å². The molecule has 0 atom stereocenters. The van der Waals surface area contributed by atoms with Crippen molar-refractivity contribution in [1.29, 1.82) is 0 Å². The van der Waals surface area contributed by atoms with E-state index in [4.69, 9.17) is 4.74 Å². The van der Waals surface area contributed by atoms with E-state index in [1.807, 2.05) is 62.4 Å². The highest BCUT2D eigenvalue weighted by molar-refractivity contribution is 9.10. The summed E-state index contributed by atoms with van der Waals surface area (Å²) in [6, 6.07) is 15.6. The summed E-state index contributed by atoms with van der Waals surface area (Å²) in [5.41, 5.74) is 3.03. The summed E-state index contributed by atoms with van der Waals surface area (Å²) in [5, 5.41) is 6.52. The Bertz CT molecular complexity index is 852. The highest BCUT2D eigenvalue weighted by Crippen LogP contribution is 2.23. The average Bonchev–Trinajstić information content (AvgIpc) is 2.60. The number of aryl methyl sites for hydroxylation is 1. The van der Waals surface area contributed by atoms with E-state index in [0.717, 1.165) is 33.0 Å². The molecule has 0 spiro atoms. The predicted octanol–water partition coefficient (Wildman–Crippen LogP) is 5.43. The second-order valence-corrected chi connectivity index (χ2v) is 6.35. The van der Waals surface area contributed by atoms with Gasteiger partial charge in [0.05, 0.1) is 6.61 Å². The third kappa shape index (κ3) is 4.70. The molecule has 0 saturated carbocycles. The minimum atomic E-state index is 0.543. The third-order valence-electron chi connectivity index (χ3n) is 3.53. The lowest BCUT2D eigenvalue weighted by Crippen LogP contribution is -2.01. The maximum atomic E-state index is 5.45. The van der Waals surface area contributed by atoms with Gasteiger partial charge in [0.25, 0.3) is 0 Å². The number of halogens is 1. The first-order valence-electron chi connectivity index (χ1n) is 8.00. The Hall–Kier alpha value is -2.60. The molecule has 3 rings (SSSR count). The number of hydrogen-bond donors (Lipinski definition) is 2. The van der Waals surface area contributed by atoms with Gasteiger partial charge in [-0.1, -0.05) is 15.9 Å². The summed E-state index contributed by atoms with van der Waals surface area (Å²) in [4.78, 5) is 8.79. The Kier molecular flexibility index (Phi) is 5.50. The van der Waals surface area contributed by atoms with Gasteiger partial charge in [0, 0.05) is 22.0 Å². The minimum absolute atomic E-state index is 0.543. The first-order valence-corrected chi connectivity index (χ1v) is 8.79. The molecule has 0 aliphatic carbocycles. The SMILES string of the molecule is CCOc1ccc(Nc2ccnc(Nc3ccc(Br)cc3C)n2)cc1. The molecule has 2 aromatic carbocycles. The third-order valence-corrected chi connectivity index (χ3v) is 4.02. The quantitative estimate of drug-likeness (QED) is 0.579. The molecule has 1 aromatic heterocycles. The Balaban J connectivity index is 1.72. The van der Waals surface area contributed by atoms with Crippen LogP contribution in [0.1, 0.15) is 12.5 Å². The van der Waals surface area contributed by atoms with Gasteiger partial charge in [-0.2, -0.15) is 4.98 Å². The van der Waals surface area contributed by atoms with Crippen LogP contribution in [0.15, 0.2) is 59.2 Å². The number of rotatable bonds is 6. The lowest BCUT2D eigenvalue weighted by Gasteiger charge is -2.11. The fourth-order valence-electron chi connectivity index (χ4n) is 2.33. The zero-order valence-corrected chi connectivity index (χ0v) is 15.7. The smallest absolute Gasteiger partial charge is 0.229 e. The van der Waals surface area contributed by atoms with Gasteiger partial charge in [0.15, 0.2) is 0 Å². The number of anilines is 4. The predicted molar refractivity (Wildman–Crippen MR) is 105 cm³/mol. The second kappa shape index (κ2) is 7.98. The first kappa shape index (κ1) is 17.2. The van der Waals surface area contributed by atoms with Crippen LogP contribution in [0.4, 0.5) is 23.1 Å². The number of benzene rings is 2. The van der Waals surface area contributed by atoms with Gasteiger partial charge in [-0.15, -0.1) is 0 Å². The Morgan fingerprint density at radius 1 is 1.04 bits per heavy atom. The summed E-state index contributed by atoms with van der Waals surface area (Å²) in [7, 11) is 0. The van der Waals surface area contributed by atoms with Crippen LogP contribution in [0, 0.1) is 6.92 Å². The number of hydrogen-bond acceptors (Lipinski definition) is 5. The molecule has 0 saturated heterocycles. The molecule has 0 amide bonds. The van der Waals surface area contributed by atoms with Crippen LogP contribution >= 0.6 is 15.9 Å². The summed E-state index contributed by atoms with van der Waals surface area (Å²) in [6.07, 6.45) is 1.72. The van der Waals surface area contributed by atoms with E-state index in [1.54, 1.807) is 6.20 Å². The zero-order valence-electron chi connectivity index (χ0n) is 14.1. The molecular weight excluding hydrogens is 380 g/mol. The average molecular weight is 399 g/mol. The molecule has 25 heavy (non-hydrogen) atoms. The van der Waals surface area contributed by atoms with E-state index in [-0.39, 0.29) is 0 Å². The molecule has 0 radical (unpaired) electrons. The van der Waals surface area contributed by atoms with Crippen LogP contribution in [0.3, 0.4) is 0 Å². The fraction of sp³-hybridized carbons (Fsp3) is 0.158. The van der Waals surface area contributed by atoms with Gasteiger partial charge in [-0.25, -0.2) is 4.98 Å². The summed E-state index contributed by atoms with van der Waals surface area (Å²) >= 11 is 3.47. The Labute approximate surface area is 155 Å². The molecule has 6 heteroatoms. The van der Waals surface area contributed by atoms with E-state index in [2.05, 4.69) is 36.5 Å². The maximum absolute atomic E-state index is 5.45. The number of aromatic nitrogens is 2. The summed E-state index contributed by atoms with van der Waals surface area (Å²) < 4.78 is 6.49. The maximum Gasteiger partial charge on any atom is 0.229 e. The Morgan fingerprint density at radius 2 is 1.84 bits per heavy atom. The molecule has 128 valence electrons. The van der Waals surface area contributed by atoms with Crippen molar-refractivity contribution in [3.63, 3.8) is 0 Å². The van der Waals surface area contributed by atoms with Gasteiger partial charge in [0.1, 0.15) is 11.6 Å². The van der Waals surface area contributed by atoms with E-state index in [9.17, 15) is 0 Å². The van der Waals surface area contributed by atoms with Crippen molar-refractivity contribution in [3.05, 3.63) is 64.8 Å². The molecule has 0 aliphatic heterocycles. The lowest BCUT2D eigenvalue weighted by molar-refractivity contribution is 0.340. The number of ether oxygens (including phenoxy) is 1. The van der Waals surface area contributed by atoms with Crippen molar-refractivity contribution in [3.8, 4) is 5.75 Å². The molecule has 2 N–H and O–H groups in total. The van der Waals surface area contributed by atoms with Crippen molar-refractivity contribution in [1.82, 2.24) is 9.97 Å². The van der Waals surface area contributed by atoms with Gasteiger partial charge >= 0.3 is 0 Å². The van der Waals surface area contributed by atoms with E-state index < -0.39 is 0 Å². The van der Waals surface area contributed by atoms with E-state index in [0.29, 0.717) is 12.6 Å². The Morgan fingerprint density at radius 3 is 2.56 bits per heavy atom. The second-order valence-electron chi connectivity index (χ2n) is 5.43. The monoisotopic (exact) mass is 398 g/mol. The van der Waals surface area contributed by atoms with Crippen molar-refractivity contribution >= 4 is 39.1 Å². The van der Waals surface area contributed by atoms with Gasteiger partial charge in [-0.3, -0.25) is 0 Å². The minimum Gasteiger partial charge on any atom is -0.494 e. The molecule has 0 bridgehead atoms. The molecule has 5 nitrogen and oxygen atoms in total. The summed E-state index contributed by atoms with van der Waals surface area (Å²) in [5.74, 6) is 2.11. The van der Waals surface area contributed by atoms with Crippen molar-refractivity contribution < 1.29 is 4.74 Å². The van der Waals surface area contributed by atoms with Crippen LogP contribution in [0.2, 0.25) is 0 Å². The highest BCUT2D eigenvalue weighted by Gasteiger charge is 2.04. The van der Waals surface area contributed by atoms with Crippen LogP contribution in [-0.2, 0) is 0 Å². The summed E-state index contributed by atoms with van der Waals surface area (Å²) in [6.45, 7) is 4.66. The van der Waals surface area contributed by atoms with E-state index >= 15 is 0 Å². The first-order chi connectivity index (χ1) is 12.1. The zero-order chi connectivity index (χ0) is 17.6. The number of nitrogens with one attached hydrogen (secondary N) is 2. The van der Waals surface area contributed by atoms with Crippen LogP contribution < -0.4 is 15.4 Å². The van der Waals surface area contributed by atoms with Gasteiger partial charge in [-0.05, 0) is 67.9 Å². The normalized spacial score (nSPS) is 10.4. The molecule has 0 unspecified atom stereocenters. The van der Waals surface area contributed by atoms with Gasteiger partial charge in [0.2, 0.25) is 5.95 Å². The fourth-order valence-corrected chi connectivity index (χ4v) is 2.80.